The van der Waals surface area contributed by atoms with Gasteiger partial charge >= 0.3 is 6.03 Å². The van der Waals surface area contributed by atoms with Gasteiger partial charge in [0, 0.05) is 130 Å². The number of pyridine rings is 4. The summed E-state index contributed by atoms with van der Waals surface area (Å²) in [6.07, 6.45) is 2.83. The normalized spacial score (nSPS) is 19.2. The topological polar surface area (TPSA) is 196 Å². The van der Waals surface area contributed by atoms with Crippen LogP contribution in [0.15, 0.2) is 73.1 Å². The van der Waals surface area contributed by atoms with Gasteiger partial charge in [-0.2, -0.15) is 0 Å². The third-order valence-corrected chi connectivity index (χ3v) is 22.3. The molecule has 0 saturated carbocycles. The van der Waals surface area contributed by atoms with Crippen molar-refractivity contribution in [2.45, 2.75) is 130 Å². The molecule has 8 aromatic rings. The van der Waals surface area contributed by atoms with Crippen LogP contribution >= 0.6 is 0 Å². The summed E-state index contributed by atoms with van der Waals surface area (Å²) in [7, 11) is 1.44. The van der Waals surface area contributed by atoms with Gasteiger partial charge in [-0.25, -0.2) is 24.7 Å². The van der Waals surface area contributed by atoms with Crippen LogP contribution in [0, 0.1) is 13.8 Å². The van der Waals surface area contributed by atoms with Crippen molar-refractivity contribution >= 4 is 22.2 Å². The van der Waals surface area contributed by atoms with Crippen molar-refractivity contribution in [2.24, 2.45) is 0 Å². The van der Waals surface area contributed by atoms with E-state index in [4.69, 9.17) is 58.8 Å². The number of carbonyl (C=O) groups excluding carboxylic acids is 1. The number of aryl methyl sites for hydroxylation is 2. The van der Waals surface area contributed by atoms with Gasteiger partial charge in [0.15, 0.2) is 11.6 Å². The van der Waals surface area contributed by atoms with E-state index in [1.807, 2.05) is 62.6 Å². The molecule has 0 N–H and O–H groups in total. The van der Waals surface area contributed by atoms with Crippen molar-refractivity contribution in [3.8, 4) is 68.3 Å². The Morgan fingerprint density at radius 1 is 0.533 bits per heavy atom. The van der Waals surface area contributed by atoms with E-state index in [1.54, 1.807) is 0 Å². The third kappa shape index (κ3) is 12.5. The van der Waals surface area contributed by atoms with E-state index in [2.05, 4.69) is 125 Å². The van der Waals surface area contributed by atoms with Crippen LogP contribution in [-0.2, 0) is 71.8 Å². The average molecular weight is 1280 g/mol. The molecule has 25 heteroatoms. The zero-order chi connectivity index (χ0) is 63.6. The number of imidazole rings is 4. The molecule has 14 rings (SSSR count). The monoisotopic (exact) mass is 1280 g/mol. The molecule has 2 atom stereocenters. The zero-order valence-corrected chi connectivity index (χ0v) is 57.2. The minimum absolute atomic E-state index is 0.0619. The Balaban J connectivity index is 0.858. The van der Waals surface area contributed by atoms with Crippen LogP contribution in [0.3, 0.4) is 0 Å². The van der Waals surface area contributed by atoms with Crippen molar-refractivity contribution in [3.63, 3.8) is 0 Å². The minimum atomic E-state index is -1.46. The summed E-state index contributed by atoms with van der Waals surface area (Å²) in [6, 6.07) is 22.5. The number of aromatic nitrogens is 12. The summed E-state index contributed by atoms with van der Waals surface area (Å²) in [5.74, 6) is 3.15. The summed E-state index contributed by atoms with van der Waals surface area (Å²) in [4.78, 5) is 72.3. The molecule has 0 radical (unpaired) electrons. The van der Waals surface area contributed by atoms with Crippen molar-refractivity contribution < 1.29 is 23.7 Å². The van der Waals surface area contributed by atoms with E-state index in [9.17, 15) is 0 Å². The first-order chi connectivity index (χ1) is 44.4. The summed E-state index contributed by atoms with van der Waals surface area (Å²) >= 11 is 0. The number of urea groups is 1. The lowest BCUT2D eigenvalue weighted by atomic mass is 10.1. The SMILES string of the molecule is Cc1cccc(-c2nc3n(c2-c2ccnc(-c4nc5c(n4COCC[Si](C)(C)C)CN(C(=O)N4Cc6c(nc(-c7cc(-c8c(-c9cccc(C)n9)nc9n8CCOC9)ccn7)n6COCC[Si](C)(C)C)C4N4CCN(C)CC4)C5N4CCN(C)CC4)c2)CCOC3)n1. The Bertz CT molecular complexity index is 3760. The van der Waals surface area contributed by atoms with Crippen LogP contribution in [0.1, 0.15) is 58.1 Å². The summed E-state index contributed by atoms with van der Waals surface area (Å²) < 4.78 is 34.3. The molecule has 2 fully saturated rings. The largest absolute Gasteiger partial charge is 0.372 e. The number of rotatable bonds is 18. The Hall–Kier alpha value is -7.18. The molecule has 2 saturated heterocycles. The number of carbonyl (C=O) groups is 1. The molecule has 0 aliphatic carbocycles. The molecule has 92 heavy (non-hydrogen) atoms. The molecule has 0 bridgehead atoms. The highest BCUT2D eigenvalue weighted by molar-refractivity contribution is 6.76. The molecular weight excluding hydrogens is 1190 g/mol. The van der Waals surface area contributed by atoms with Crippen molar-refractivity contribution in [1.29, 1.82) is 0 Å². The molecule has 2 unspecified atom stereocenters. The van der Waals surface area contributed by atoms with Gasteiger partial charge < -0.3 is 47.0 Å². The number of fused-ring (bicyclic) bond motifs is 4. The lowest BCUT2D eigenvalue weighted by Gasteiger charge is -2.43. The van der Waals surface area contributed by atoms with Gasteiger partial charge in [0.05, 0.1) is 60.5 Å². The fourth-order valence-electron chi connectivity index (χ4n) is 13.7. The Kier molecular flexibility index (Phi) is 17.3. The maximum Gasteiger partial charge on any atom is 0.323 e. The Morgan fingerprint density at radius 3 is 1.36 bits per heavy atom. The summed E-state index contributed by atoms with van der Waals surface area (Å²) in [5, 5.41) is 0. The van der Waals surface area contributed by atoms with Gasteiger partial charge in [0.2, 0.25) is 0 Å². The highest BCUT2D eigenvalue weighted by atomic mass is 28.3. The Morgan fingerprint density at radius 2 is 0.957 bits per heavy atom. The smallest absolute Gasteiger partial charge is 0.323 e. The van der Waals surface area contributed by atoms with Gasteiger partial charge in [-0.1, -0.05) is 51.4 Å². The van der Waals surface area contributed by atoms with Crippen LogP contribution < -0.4 is 0 Å². The van der Waals surface area contributed by atoms with Crippen molar-refractivity contribution in [2.75, 3.05) is 92.9 Å². The molecule has 6 aliphatic rings. The second-order valence-electron chi connectivity index (χ2n) is 28.1. The fourth-order valence-corrected chi connectivity index (χ4v) is 15.2. The second-order valence-corrected chi connectivity index (χ2v) is 39.3. The van der Waals surface area contributed by atoms with Gasteiger partial charge in [0.25, 0.3) is 0 Å². The molecular formula is C67H88N18O5Si2. The molecule has 0 aromatic carbocycles. The zero-order valence-electron chi connectivity index (χ0n) is 55.2. The number of hydrogen-bond donors (Lipinski definition) is 0. The van der Waals surface area contributed by atoms with Gasteiger partial charge in [-0.3, -0.25) is 39.5 Å². The van der Waals surface area contributed by atoms with E-state index in [0.29, 0.717) is 88.9 Å². The lowest BCUT2D eigenvalue weighted by Crippen LogP contribution is -2.55. The minimum Gasteiger partial charge on any atom is -0.372 e. The van der Waals surface area contributed by atoms with Gasteiger partial charge in [-0.15, -0.1) is 0 Å². The van der Waals surface area contributed by atoms with Crippen LogP contribution in [0.4, 0.5) is 4.79 Å². The standard InChI is InChI=1S/C67H88N18O5Si2/c1-45-13-11-15-49(70-45)57-61(80-29-31-87-41-55(80)72-57)47-17-19-68-51(37-47)63-74-59-53(84(63)43-89-33-35-91(5,6)7)39-82(65(59)78-25-21-76(3)22-26-78)67(86)83-40-54-60(66(83)79-27-23-77(4)24-28-79)75-64(85(54)44-90-34-36-92(8,9)10)52-38-48(18-20-69-52)62-58(50-16-12-14-46(2)71-50)73-56-42-88-32-30-81(56)62/h11-20,37-38,65-66H,21-36,39-44H2,1-10H3. The fraction of sp³-hybridized carbons (Fsp3) is 0.507. The summed E-state index contributed by atoms with van der Waals surface area (Å²) in [5.41, 5.74) is 14.0. The quantitative estimate of drug-likeness (QED) is 0.0581. The molecule has 0 spiro atoms. The predicted molar refractivity (Wildman–Crippen MR) is 357 cm³/mol. The van der Waals surface area contributed by atoms with Gasteiger partial charge in [0.1, 0.15) is 84.8 Å². The predicted octanol–water partition coefficient (Wildman–Crippen LogP) is 9.30. The molecule has 14 heterocycles. The number of nitrogens with zero attached hydrogens (tertiary/aromatic N) is 18. The van der Waals surface area contributed by atoms with E-state index < -0.39 is 28.5 Å². The first-order valence-electron chi connectivity index (χ1n) is 32.8. The number of ether oxygens (including phenoxy) is 4. The second kappa shape index (κ2) is 25.6. The molecule has 484 valence electrons. The van der Waals surface area contributed by atoms with E-state index in [1.165, 1.54) is 0 Å². The van der Waals surface area contributed by atoms with Crippen LogP contribution in [-0.4, -0.2) is 203 Å². The van der Waals surface area contributed by atoms with E-state index >= 15 is 4.79 Å². The number of amides is 2. The maximum absolute atomic E-state index is 16.6. The molecule has 6 aliphatic heterocycles. The lowest BCUT2D eigenvalue weighted by molar-refractivity contribution is -0.00393. The van der Waals surface area contributed by atoms with E-state index in [-0.39, 0.29) is 19.5 Å². The van der Waals surface area contributed by atoms with Crippen molar-refractivity contribution in [3.05, 3.63) is 119 Å². The van der Waals surface area contributed by atoms with Crippen molar-refractivity contribution in [1.82, 2.24) is 87.5 Å². The number of piperazine rings is 2. The van der Waals surface area contributed by atoms with E-state index in [0.717, 1.165) is 156 Å². The molecule has 2 amide bonds. The first-order valence-corrected chi connectivity index (χ1v) is 40.3. The van der Waals surface area contributed by atoms with Crippen LogP contribution in [0.25, 0.3) is 68.3 Å². The molecule has 8 aromatic heterocycles. The highest BCUT2D eigenvalue weighted by Gasteiger charge is 2.50. The van der Waals surface area contributed by atoms with Crippen LogP contribution in [0.2, 0.25) is 51.4 Å². The first kappa shape index (κ1) is 62.3. The molecule has 23 nitrogen and oxygen atoms in total. The number of likely N-dealkylation sites (N-methyl/N-ethyl adjacent to an activating group) is 2. The Labute approximate surface area is 541 Å². The average Bonchev–Trinajstić information content (AvgIpc) is 1.57. The maximum atomic E-state index is 16.6. The summed E-state index contributed by atoms with van der Waals surface area (Å²) in [6.45, 7) is 30.5. The van der Waals surface area contributed by atoms with Gasteiger partial charge in [-0.05, 0) is 88.6 Å². The third-order valence-electron chi connectivity index (χ3n) is 18.9. The highest BCUT2D eigenvalue weighted by Crippen LogP contribution is 2.46. The number of hydrogen-bond acceptors (Lipinski definition) is 17. The van der Waals surface area contributed by atoms with Crippen LogP contribution in [0.5, 0.6) is 0 Å².